The number of aliphatic hydroxyl groups excluding tert-OH is 3. The summed E-state index contributed by atoms with van der Waals surface area (Å²) in [5.41, 5.74) is 4.22. The Kier molecular flexibility index (Phi) is 8.21. The Balaban J connectivity index is 2.66. The summed E-state index contributed by atoms with van der Waals surface area (Å²) in [5.74, 6) is -1.58. The third kappa shape index (κ3) is 6.50. The van der Waals surface area contributed by atoms with Gasteiger partial charge in [-0.05, 0) is 6.42 Å². The Bertz CT molecular complexity index is 545. The number of carbonyl (C=O) groups is 3. The first kappa shape index (κ1) is 22.9. The standard InChI is InChI=1S/C15H26N2O10/c1-3-4-15(2,5-25-13(16)23)6-26-14(24)17-11-9(20)7(18)8(19)10(27-11)12(21)22/h7-11,18-20H,3-6H2,1-2H3,(H2,16,23)(H,17,24)(H,21,22)/t7-,8-,9+,10-,11+,15?/m0/s1. The zero-order valence-corrected chi connectivity index (χ0v) is 15.0. The first-order chi connectivity index (χ1) is 12.5. The number of alkyl carbamates (subject to hydrolysis) is 1. The summed E-state index contributed by atoms with van der Waals surface area (Å²) in [7, 11) is 0. The highest BCUT2D eigenvalue weighted by Gasteiger charge is 2.47. The van der Waals surface area contributed by atoms with Crippen molar-refractivity contribution in [3.63, 3.8) is 0 Å². The lowest BCUT2D eigenvalue weighted by molar-refractivity contribution is -0.232. The van der Waals surface area contributed by atoms with Crippen LogP contribution in [0.3, 0.4) is 0 Å². The van der Waals surface area contributed by atoms with E-state index < -0.39 is 54.2 Å². The van der Waals surface area contributed by atoms with Crippen LogP contribution >= 0.6 is 0 Å². The van der Waals surface area contributed by atoms with Gasteiger partial charge in [-0.1, -0.05) is 20.3 Å². The molecule has 1 heterocycles. The van der Waals surface area contributed by atoms with E-state index in [1.807, 2.05) is 6.92 Å². The van der Waals surface area contributed by atoms with Crippen LogP contribution in [0.25, 0.3) is 0 Å². The molecule has 0 aromatic heterocycles. The fraction of sp³-hybridized carbons (Fsp3) is 0.800. The van der Waals surface area contributed by atoms with Crippen molar-refractivity contribution in [1.82, 2.24) is 5.32 Å². The van der Waals surface area contributed by atoms with E-state index in [0.29, 0.717) is 12.8 Å². The smallest absolute Gasteiger partial charge is 0.409 e. The Morgan fingerprint density at radius 3 is 2.22 bits per heavy atom. The quantitative estimate of drug-likeness (QED) is 0.282. The van der Waals surface area contributed by atoms with E-state index in [1.165, 1.54) is 0 Å². The second kappa shape index (κ2) is 9.69. The van der Waals surface area contributed by atoms with E-state index in [2.05, 4.69) is 5.32 Å². The summed E-state index contributed by atoms with van der Waals surface area (Å²) in [6.45, 7) is 3.33. The molecular weight excluding hydrogens is 368 g/mol. The van der Waals surface area contributed by atoms with Crippen LogP contribution in [-0.4, -0.2) is 82.4 Å². The molecule has 0 aromatic carbocycles. The molecule has 0 spiro atoms. The molecule has 0 radical (unpaired) electrons. The average Bonchev–Trinajstić information content (AvgIpc) is 2.59. The van der Waals surface area contributed by atoms with Crippen LogP contribution in [-0.2, 0) is 19.0 Å². The predicted molar refractivity (Wildman–Crippen MR) is 87.4 cm³/mol. The Labute approximate surface area is 155 Å². The lowest BCUT2D eigenvalue weighted by Crippen LogP contribution is -2.64. The van der Waals surface area contributed by atoms with Gasteiger partial charge < -0.3 is 40.4 Å². The topological polar surface area (TPSA) is 198 Å². The molecule has 156 valence electrons. The fourth-order valence-electron chi connectivity index (χ4n) is 2.64. The predicted octanol–water partition coefficient (Wildman–Crippen LogP) is -1.49. The molecule has 12 nitrogen and oxygen atoms in total. The van der Waals surface area contributed by atoms with E-state index in [1.54, 1.807) is 6.92 Å². The minimum atomic E-state index is -1.87. The molecule has 0 aromatic rings. The molecule has 1 unspecified atom stereocenters. The van der Waals surface area contributed by atoms with E-state index >= 15 is 0 Å². The van der Waals surface area contributed by atoms with Crippen molar-refractivity contribution in [3.8, 4) is 0 Å². The highest BCUT2D eigenvalue weighted by molar-refractivity contribution is 5.73. The maximum atomic E-state index is 12.0. The third-order valence-electron chi connectivity index (χ3n) is 4.09. The SMILES string of the molecule is CCCC(C)(COC(N)=O)COC(=O)N[C@@H]1O[C@H](C(=O)O)[C@@H](O)[C@H](O)[C@H]1O. The van der Waals surface area contributed by atoms with Crippen LogP contribution in [0.1, 0.15) is 26.7 Å². The van der Waals surface area contributed by atoms with Crippen LogP contribution in [0, 0.1) is 5.41 Å². The average molecular weight is 394 g/mol. The van der Waals surface area contributed by atoms with Gasteiger partial charge in [-0.15, -0.1) is 0 Å². The van der Waals surface area contributed by atoms with Crippen LogP contribution in [0.4, 0.5) is 9.59 Å². The molecule has 1 aliphatic rings. The van der Waals surface area contributed by atoms with Crippen molar-refractivity contribution in [2.75, 3.05) is 13.2 Å². The minimum absolute atomic E-state index is 0.0853. The number of hydrogen-bond donors (Lipinski definition) is 6. The van der Waals surface area contributed by atoms with E-state index in [0.717, 1.165) is 0 Å². The van der Waals surface area contributed by atoms with Gasteiger partial charge in [0.1, 0.15) is 31.5 Å². The second-order valence-corrected chi connectivity index (χ2v) is 6.68. The number of nitrogens with two attached hydrogens (primary N) is 1. The highest BCUT2D eigenvalue weighted by atomic mass is 16.6. The molecule has 12 heteroatoms. The lowest BCUT2D eigenvalue weighted by Gasteiger charge is -2.38. The fourth-order valence-corrected chi connectivity index (χ4v) is 2.64. The molecule has 0 bridgehead atoms. The molecular formula is C15H26N2O10. The number of hydrogen-bond acceptors (Lipinski definition) is 9. The van der Waals surface area contributed by atoms with Gasteiger partial charge in [0, 0.05) is 5.41 Å². The van der Waals surface area contributed by atoms with Crippen molar-refractivity contribution in [2.24, 2.45) is 11.1 Å². The molecule has 6 atom stereocenters. The molecule has 2 amide bonds. The maximum absolute atomic E-state index is 12.0. The number of amides is 2. The largest absolute Gasteiger partial charge is 0.479 e. The van der Waals surface area contributed by atoms with Gasteiger partial charge in [-0.3, -0.25) is 5.32 Å². The summed E-state index contributed by atoms with van der Waals surface area (Å²) in [5, 5.41) is 40.2. The van der Waals surface area contributed by atoms with Gasteiger partial charge in [0.15, 0.2) is 12.3 Å². The summed E-state index contributed by atoms with van der Waals surface area (Å²) < 4.78 is 14.7. The zero-order valence-electron chi connectivity index (χ0n) is 15.0. The van der Waals surface area contributed by atoms with Crippen molar-refractivity contribution in [1.29, 1.82) is 0 Å². The number of carboxylic acid groups (broad SMARTS) is 1. The summed E-state index contributed by atoms with van der Waals surface area (Å²) in [6, 6.07) is 0. The number of nitrogens with one attached hydrogen (secondary N) is 1. The molecule has 1 fully saturated rings. The number of ether oxygens (including phenoxy) is 3. The van der Waals surface area contributed by atoms with Crippen LogP contribution in [0.15, 0.2) is 0 Å². The van der Waals surface area contributed by atoms with E-state index in [4.69, 9.17) is 25.1 Å². The van der Waals surface area contributed by atoms with Gasteiger partial charge >= 0.3 is 18.2 Å². The van der Waals surface area contributed by atoms with Gasteiger partial charge in [-0.25, -0.2) is 14.4 Å². The van der Waals surface area contributed by atoms with Crippen molar-refractivity contribution in [3.05, 3.63) is 0 Å². The number of rotatable bonds is 8. The van der Waals surface area contributed by atoms with Gasteiger partial charge in [0.05, 0.1) is 0 Å². The molecule has 27 heavy (non-hydrogen) atoms. The monoisotopic (exact) mass is 394 g/mol. The molecule has 7 N–H and O–H groups in total. The first-order valence-corrected chi connectivity index (χ1v) is 8.28. The molecule has 0 saturated carbocycles. The summed E-state index contributed by atoms with van der Waals surface area (Å²) >= 11 is 0. The molecule has 1 saturated heterocycles. The van der Waals surface area contributed by atoms with Crippen LogP contribution in [0.2, 0.25) is 0 Å². The van der Waals surface area contributed by atoms with Gasteiger partial charge in [-0.2, -0.15) is 0 Å². The van der Waals surface area contributed by atoms with Crippen LogP contribution in [0.5, 0.6) is 0 Å². The normalized spacial score (nSPS) is 30.0. The number of aliphatic carboxylic acids is 1. The van der Waals surface area contributed by atoms with Crippen LogP contribution < -0.4 is 11.1 Å². The maximum Gasteiger partial charge on any atom is 0.409 e. The molecule has 1 aliphatic heterocycles. The van der Waals surface area contributed by atoms with Crippen molar-refractivity contribution < 1.29 is 49.0 Å². The Morgan fingerprint density at radius 2 is 1.70 bits per heavy atom. The van der Waals surface area contributed by atoms with Gasteiger partial charge in [0.2, 0.25) is 0 Å². The van der Waals surface area contributed by atoms with E-state index in [9.17, 15) is 29.7 Å². The molecule has 0 aliphatic carbocycles. The number of primary amides is 1. The highest BCUT2D eigenvalue weighted by Crippen LogP contribution is 2.25. The first-order valence-electron chi connectivity index (χ1n) is 8.28. The van der Waals surface area contributed by atoms with Crippen molar-refractivity contribution >= 4 is 18.2 Å². The van der Waals surface area contributed by atoms with Crippen molar-refractivity contribution in [2.45, 2.75) is 57.3 Å². The Hall–Kier alpha value is -2.15. The number of carbonyl (C=O) groups excluding carboxylic acids is 2. The number of aliphatic hydroxyl groups is 3. The summed E-state index contributed by atoms with van der Waals surface area (Å²) in [6.07, 6.45) is -9.73. The minimum Gasteiger partial charge on any atom is -0.479 e. The van der Waals surface area contributed by atoms with E-state index in [-0.39, 0.29) is 13.2 Å². The lowest BCUT2D eigenvalue weighted by atomic mass is 9.87. The Morgan fingerprint density at radius 1 is 1.11 bits per heavy atom. The second-order valence-electron chi connectivity index (χ2n) is 6.68. The summed E-state index contributed by atoms with van der Waals surface area (Å²) in [4.78, 5) is 33.8. The molecule has 1 rings (SSSR count). The number of carboxylic acids is 1. The van der Waals surface area contributed by atoms with Gasteiger partial charge in [0.25, 0.3) is 0 Å². The third-order valence-corrected chi connectivity index (χ3v) is 4.09. The zero-order chi connectivity index (χ0) is 20.8.